The standard InChI is InChI=1S/C20H23NO/c1-3-8-17(9-4-1)16-22-21-15-18-10-7-13-20(14-18)19-11-5-2-6-12-19/h1,3-4,7-10,13-15,19H,2,5-6,11-12,16H2. The quantitative estimate of drug-likeness (QED) is 0.542. The lowest BCUT2D eigenvalue weighted by Crippen LogP contribution is -2.04. The van der Waals surface area contributed by atoms with Crippen molar-refractivity contribution in [1.29, 1.82) is 0 Å². The Labute approximate surface area is 132 Å². The molecule has 1 aliphatic carbocycles. The summed E-state index contributed by atoms with van der Waals surface area (Å²) in [7, 11) is 0. The number of rotatable bonds is 5. The molecule has 0 atom stereocenters. The lowest BCUT2D eigenvalue weighted by molar-refractivity contribution is 0.132. The topological polar surface area (TPSA) is 21.6 Å². The predicted molar refractivity (Wildman–Crippen MR) is 91.1 cm³/mol. The van der Waals surface area contributed by atoms with E-state index in [-0.39, 0.29) is 0 Å². The van der Waals surface area contributed by atoms with E-state index in [9.17, 15) is 0 Å². The van der Waals surface area contributed by atoms with E-state index in [0.29, 0.717) is 6.61 Å². The summed E-state index contributed by atoms with van der Waals surface area (Å²) < 4.78 is 0. The fourth-order valence-corrected chi connectivity index (χ4v) is 3.11. The van der Waals surface area contributed by atoms with Crippen LogP contribution in [-0.4, -0.2) is 6.21 Å². The average molecular weight is 293 g/mol. The number of hydrogen-bond acceptors (Lipinski definition) is 2. The van der Waals surface area contributed by atoms with Gasteiger partial charge in [0.05, 0.1) is 6.21 Å². The summed E-state index contributed by atoms with van der Waals surface area (Å²) in [5, 5.41) is 4.10. The molecular formula is C20H23NO. The highest BCUT2D eigenvalue weighted by molar-refractivity contribution is 5.79. The van der Waals surface area contributed by atoms with Crippen molar-refractivity contribution < 1.29 is 4.84 Å². The van der Waals surface area contributed by atoms with Crippen LogP contribution < -0.4 is 0 Å². The molecular weight excluding hydrogens is 270 g/mol. The maximum Gasteiger partial charge on any atom is 0.142 e. The predicted octanol–water partition coefficient (Wildman–Crippen LogP) is 5.29. The summed E-state index contributed by atoms with van der Waals surface area (Å²) >= 11 is 0. The Balaban J connectivity index is 1.56. The Hall–Kier alpha value is -2.09. The van der Waals surface area contributed by atoms with Crippen LogP contribution in [0.4, 0.5) is 0 Å². The van der Waals surface area contributed by atoms with Crippen LogP contribution in [0.3, 0.4) is 0 Å². The first-order chi connectivity index (χ1) is 10.9. The third-order valence-corrected chi connectivity index (χ3v) is 4.34. The van der Waals surface area contributed by atoms with Gasteiger partial charge in [0, 0.05) is 0 Å². The second kappa shape index (κ2) is 7.79. The molecule has 0 bridgehead atoms. The summed E-state index contributed by atoms with van der Waals surface area (Å²) in [5.74, 6) is 0.729. The van der Waals surface area contributed by atoms with Crippen LogP contribution in [0, 0.1) is 0 Å². The third-order valence-electron chi connectivity index (χ3n) is 4.34. The Morgan fingerprint density at radius 2 is 1.77 bits per heavy atom. The Bertz CT molecular complexity index is 600. The van der Waals surface area contributed by atoms with Gasteiger partial charge in [0.2, 0.25) is 0 Å². The van der Waals surface area contributed by atoms with Crippen molar-refractivity contribution in [2.45, 2.75) is 44.6 Å². The molecule has 2 heteroatoms. The first-order valence-electron chi connectivity index (χ1n) is 8.21. The van der Waals surface area contributed by atoms with Crippen molar-refractivity contribution in [3.8, 4) is 0 Å². The van der Waals surface area contributed by atoms with Crippen LogP contribution in [0.2, 0.25) is 0 Å². The third kappa shape index (κ3) is 4.20. The van der Waals surface area contributed by atoms with Crippen molar-refractivity contribution >= 4 is 6.21 Å². The smallest absolute Gasteiger partial charge is 0.142 e. The molecule has 1 aliphatic rings. The minimum Gasteiger partial charge on any atom is -0.391 e. The molecule has 0 saturated heterocycles. The van der Waals surface area contributed by atoms with Crippen molar-refractivity contribution in [2.24, 2.45) is 5.16 Å². The van der Waals surface area contributed by atoms with Crippen LogP contribution in [0.5, 0.6) is 0 Å². The van der Waals surface area contributed by atoms with Crippen molar-refractivity contribution in [1.82, 2.24) is 0 Å². The van der Waals surface area contributed by atoms with Gasteiger partial charge < -0.3 is 4.84 Å². The van der Waals surface area contributed by atoms with Gasteiger partial charge in [0.25, 0.3) is 0 Å². The molecule has 0 unspecified atom stereocenters. The lowest BCUT2D eigenvalue weighted by Gasteiger charge is -2.22. The molecule has 0 N–H and O–H groups in total. The van der Waals surface area contributed by atoms with Crippen LogP contribution in [0.15, 0.2) is 59.8 Å². The van der Waals surface area contributed by atoms with E-state index in [2.05, 4.69) is 29.4 Å². The summed E-state index contributed by atoms with van der Waals surface area (Å²) in [5.41, 5.74) is 3.71. The minimum atomic E-state index is 0.514. The van der Waals surface area contributed by atoms with E-state index in [1.165, 1.54) is 37.7 Å². The molecule has 2 aromatic carbocycles. The summed E-state index contributed by atoms with van der Waals surface area (Å²) in [6.07, 6.45) is 8.59. The molecule has 0 radical (unpaired) electrons. The zero-order chi connectivity index (χ0) is 15.0. The number of benzene rings is 2. The van der Waals surface area contributed by atoms with Gasteiger partial charge in [-0.15, -0.1) is 0 Å². The second-order valence-corrected chi connectivity index (χ2v) is 6.00. The summed E-state index contributed by atoms with van der Waals surface area (Å²) in [6, 6.07) is 18.8. The first kappa shape index (κ1) is 14.8. The summed E-state index contributed by atoms with van der Waals surface area (Å²) in [6.45, 7) is 0.514. The van der Waals surface area contributed by atoms with Crippen molar-refractivity contribution in [3.05, 3.63) is 71.3 Å². The zero-order valence-corrected chi connectivity index (χ0v) is 12.9. The van der Waals surface area contributed by atoms with Gasteiger partial charge in [-0.1, -0.05) is 72.9 Å². The Morgan fingerprint density at radius 3 is 2.59 bits per heavy atom. The van der Waals surface area contributed by atoms with Crippen molar-refractivity contribution in [2.75, 3.05) is 0 Å². The SMILES string of the molecule is C(=NOCc1ccccc1)c1cccc(C2CCCCC2)c1. The van der Waals surface area contributed by atoms with Crippen LogP contribution in [0.25, 0.3) is 0 Å². The highest BCUT2D eigenvalue weighted by atomic mass is 16.6. The normalized spacial score (nSPS) is 16.0. The lowest BCUT2D eigenvalue weighted by atomic mass is 9.84. The molecule has 1 fully saturated rings. The Morgan fingerprint density at radius 1 is 0.955 bits per heavy atom. The van der Waals surface area contributed by atoms with E-state index < -0.39 is 0 Å². The fourth-order valence-electron chi connectivity index (χ4n) is 3.11. The number of oxime groups is 1. The van der Waals surface area contributed by atoms with Gasteiger partial charge in [-0.3, -0.25) is 0 Å². The molecule has 0 heterocycles. The first-order valence-corrected chi connectivity index (χ1v) is 8.21. The molecule has 2 aromatic rings. The van der Waals surface area contributed by atoms with E-state index in [0.717, 1.165) is 17.0 Å². The van der Waals surface area contributed by atoms with Gasteiger partial charge in [0.15, 0.2) is 0 Å². The van der Waals surface area contributed by atoms with Gasteiger partial charge in [-0.2, -0.15) is 0 Å². The van der Waals surface area contributed by atoms with Crippen LogP contribution >= 0.6 is 0 Å². The fraction of sp³-hybridized carbons (Fsp3) is 0.350. The summed E-state index contributed by atoms with van der Waals surface area (Å²) in [4.78, 5) is 5.38. The van der Waals surface area contributed by atoms with E-state index >= 15 is 0 Å². The minimum absolute atomic E-state index is 0.514. The molecule has 3 rings (SSSR count). The van der Waals surface area contributed by atoms with Crippen LogP contribution in [-0.2, 0) is 11.4 Å². The van der Waals surface area contributed by atoms with Gasteiger partial charge in [-0.05, 0) is 41.5 Å². The average Bonchev–Trinajstić information content (AvgIpc) is 2.61. The Kier molecular flexibility index (Phi) is 5.25. The van der Waals surface area contributed by atoms with Crippen molar-refractivity contribution in [3.63, 3.8) is 0 Å². The monoisotopic (exact) mass is 293 g/mol. The van der Waals surface area contributed by atoms with E-state index in [4.69, 9.17) is 4.84 Å². The second-order valence-electron chi connectivity index (χ2n) is 6.00. The van der Waals surface area contributed by atoms with E-state index in [1.807, 2.05) is 36.5 Å². The van der Waals surface area contributed by atoms with Crippen LogP contribution in [0.1, 0.15) is 54.7 Å². The zero-order valence-electron chi connectivity index (χ0n) is 12.9. The molecule has 2 nitrogen and oxygen atoms in total. The number of hydrogen-bond donors (Lipinski definition) is 0. The molecule has 114 valence electrons. The number of nitrogens with zero attached hydrogens (tertiary/aromatic N) is 1. The molecule has 22 heavy (non-hydrogen) atoms. The highest BCUT2D eigenvalue weighted by Crippen LogP contribution is 2.32. The maximum absolute atomic E-state index is 5.38. The molecule has 0 spiro atoms. The molecule has 0 aromatic heterocycles. The molecule has 0 aliphatic heterocycles. The molecule has 1 saturated carbocycles. The molecule has 0 amide bonds. The largest absolute Gasteiger partial charge is 0.391 e. The van der Waals surface area contributed by atoms with E-state index in [1.54, 1.807) is 0 Å². The van der Waals surface area contributed by atoms with Gasteiger partial charge >= 0.3 is 0 Å². The maximum atomic E-state index is 5.38. The van der Waals surface area contributed by atoms with Gasteiger partial charge in [0.1, 0.15) is 6.61 Å². The highest BCUT2D eigenvalue weighted by Gasteiger charge is 2.15. The van der Waals surface area contributed by atoms with Gasteiger partial charge in [-0.25, -0.2) is 0 Å².